The van der Waals surface area contributed by atoms with Crippen LogP contribution < -0.4 is 4.74 Å². The molecule has 3 rings (SSSR count). The molecule has 2 aromatic carbocycles. The average Bonchev–Trinajstić information content (AvgIpc) is 2.77. The van der Waals surface area contributed by atoms with Gasteiger partial charge in [-0.2, -0.15) is 4.39 Å². The second-order valence-corrected chi connectivity index (χ2v) is 8.18. The van der Waals surface area contributed by atoms with E-state index in [1.807, 2.05) is 19.9 Å². The van der Waals surface area contributed by atoms with Gasteiger partial charge in [-0.05, 0) is 55.7 Å². The first-order valence-corrected chi connectivity index (χ1v) is 10.7. The molecule has 0 amide bonds. The van der Waals surface area contributed by atoms with E-state index in [0.717, 1.165) is 0 Å². The lowest BCUT2D eigenvalue weighted by Gasteiger charge is -2.23. The Bertz CT molecular complexity index is 968. The summed E-state index contributed by atoms with van der Waals surface area (Å²) in [5, 5.41) is 0. The van der Waals surface area contributed by atoms with Crippen molar-refractivity contribution in [3.05, 3.63) is 83.2 Å². The molecular weight excluding hydrogens is 401 g/mol. The second-order valence-electron chi connectivity index (χ2n) is 8.18. The number of benzene rings is 2. The van der Waals surface area contributed by atoms with Gasteiger partial charge in [0.2, 0.25) is 5.82 Å². The van der Waals surface area contributed by atoms with Crippen molar-refractivity contribution < 1.29 is 22.6 Å². The molecule has 0 radical (unpaired) electrons. The number of rotatable bonds is 10. The van der Waals surface area contributed by atoms with Gasteiger partial charge in [0.1, 0.15) is 0 Å². The first-order chi connectivity index (χ1) is 14.8. The van der Waals surface area contributed by atoms with Crippen molar-refractivity contribution in [1.82, 2.24) is 0 Å². The molecule has 0 saturated carbocycles. The lowest BCUT2D eigenvalue weighted by molar-refractivity contribution is 0.0476. The Balaban J connectivity index is 1.76. The first-order valence-electron chi connectivity index (χ1n) is 10.7. The summed E-state index contributed by atoms with van der Waals surface area (Å²) in [5.74, 6) is -2.52. The number of hydrogen-bond acceptors (Lipinski definition) is 2. The van der Waals surface area contributed by atoms with Gasteiger partial charge in [0.05, 0.1) is 12.7 Å². The zero-order valence-corrected chi connectivity index (χ0v) is 18.1. The summed E-state index contributed by atoms with van der Waals surface area (Å²) < 4.78 is 55.6. The minimum atomic E-state index is -1.06. The SMILES string of the molecule is C=CCCc1cc2c(c(F)c1F)Oc1c(ccc(CCC(C)OCC(C)C=C)c1F)C2. The zero-order chi connectivity index (χ0) is 22.5. The molecule has 2 unspecified atom stereocenters. The van der Waals surface area contributed by atoms with Crippen LogP contribution >= 0.6 is 0 Å². The zero-order valence-electron chi connectivity index (χ0n) is 18.1. The van der Waals surface area contributed by atoms with Gasteiger partial charge in [-0.25, -0.2) is 8.78 Å². The van der Waals surface area contributed by atoms with Crippen LogP contribution in [0.15, 0.2) is 43.5 Å². The maximum Gasteiger partial charge on any atom is 0.201 e. The van der Waals surface area contributed by atoms with Crippen molar-refractivity contribution in [2.75, 3.05) is 6.61 Å². The summed E-state index contributed by atoms with van der Waals surface area (Å²) in [5.41, 5.74) is 1.90. The smallest absolute Gasteiger partial charge is 0.201 e. The maximum absolute atomic E-state index is 15.1. The molecule has 166 valence electrons. The van der Waals surface area contributed by atoms with Gasteiger partial charge in [-0.15, -0.1) is 13.2 Å². The number of halogens is 3. The number of ether oxygens (including phenoxy) is 2. The molecule has 0 aromatic heterocycles. The molecule has 0 aliphatic carbocycles. The van der Waals surface area contributed by atoms with E-state index in [9.17, 15) is 8.78 Å². The monoisotopic (exact) mass is 430 g/mol. The minimum Gasteiger partial charge on any atom is -0.450 e. The average molecular weight is 431 g/mol. The van der Waals surface area contributed by atoms with Crippen LogP contribution in [0.1, 0.15) is 48.9 Å². The van der Waals surface area contributed by atoms with Crippen LogP contribution in [0.5, 0.6) is 11.5 Å². The van der Waals surface area contributed by atoms with Crippen LogP contribution in [0, 0.1) is 23.4 Å². The predicted molar refractivity (Wildman–Crippen MR) is 117 cm³/mol. The number of hydrogen-bond donors (Lipinski definition) is 0. The maximum atomic E-state index is 15.1. The van der Waals surface area contributed by atoms with Gasteiger partial charge >= 0.3 is 0 Å². The Morgan fingerprint density at radius 2 is 1.74 bits per heavy atom. The molecular formula is C26H29F3O2. The highest BCUT2D eigenvalue weighted by Gasteiger charge is 2.28. The Hall–Kier alpha value is -2.53. The van der Waals surface area contributed by atoms with Crippen molar-refractivity contribution in [1.29, 1.82) is 0 Å². The number of allylic oxidation sites excluding steroid dienone is 1. The molecule has 1 aliphatic heterocycles. The molecule has 2 aromatic rings. The van der Waals surface area contributed by atoms with E-state index in [0.29, 0.717) is 55.4 Å². The lowest BCUT2D eigenvalue weighted by atomic mass is 9.94. The van der Waals surface area contributed by atoms with E-state index in [4.69, 9.17) is 9.47 Å². The molecule has 0 spiro atoms. The van der Waals surface area contributed by atoms with Crippen molar-refractivity contribution in [3.63, 3.8) is 0 Å². The summed E-state index contributed by atoms with van der Waals surface area (Å²) in [7, 11) is 0. The highest BCUT2D eigenvalue weighted by molar-refractivity contribution is 5.53. The molecule has 1 heterocycles. The number of fused-ring (bicyclic) bond motifs is 2. The third-order valence-corrected chi connectivity index (χ3v) is 5.64. The largest absolute Gasteiger partial charge is 0.450 e. The summed E-state index contributed by atoms with van der Waals surface area (Å²) in [6, 6.07) is 5.14. The lowest BCUT2D eigenvalue weighted by Crippen LogP contribution is -2.15. The van der Waals surface area contributed by atoms with Gasteiger partial charge in [0.25, 0.3) is 0 Å². The Morgan fingerprint density at radius 1 is 1.00 bits per heavy atom. The summed E-state index contributed by atoms with van der Waals surface area (Å²) >= 11 is 0. The standard InChI is InChI=1S/C26H29F3O2/c1-5-7-8-19-13-21-14-20-12-11-18(10-9-17(4)30-15-16(3)6-2)23(28)25(20)31-26(21)24(29)22(19)27/h5-6,11-13,16-17H,1-2,7-10,14-15H2,3-4H3. The van der Waals surface area contributed by atoms with Crippen LogP contribution in [0.25, 0.3) is 0 Å². The van der Waals surface area contributed by atoms with Crippen molar-refractivity contribution in [2.24, 2.45) is 5.92 Å². The van der Waals surface area contributed by atoms with Crippen LogP contribution in [-0.4, -0.2) is 12.7 Å². The van der Waals surface area contributed by atoms with E-state index in [2.05, 4.69) is 13.2 Å². The Kier molecular flexibility index (Phi) is 7.60. The molecule has 2 atom stereocenters. The number of aryl methyl sites for hydroxylation is 2. The van der Waals surface area contributed by atoms with E-state index in [1.165, 1.54) is 0 Å². The quantitative estimate of drug-likeness (QED) is 0.320. The van der Waals surface area contributed by atoms with Gasteiger partial charge in [-0.3, -0.25) is 0 Å². The fourth-order valence-electron chi connectivity index (χ4n) is 3.61. The molecule has 0 fully saturated rings. The molecule has 1 aliphatic rings. The highest BCUT2D eigenvalue weighted by Crippen LogP contribution is 2.42. The molecule has 0 bridgehead atoms. The van der Waals surface area contributed by atoms with Crippen LogP contribution in [0.3, 0.4) is 0 Å². The molecule has 31 heavy (non-hydrogen) atoms. The summed E-state index contributed by atoms with van der Waals surface area (Å²) in [4.78, 5) is 0. The summed E-state index contributed by atoms with van der Waals surface area (Å²) in [6.45, 7) is 11.9. The molecule has 0 N–H and O–H groups in total. The third-order valence-electron chi connectivity index (χ3n) is 5.64. The Morgan fingerprint density at radius 3 is 2.45 bits per heavy atom. The third kappa shape index (κ3) is 5.21. The normalized spacial score (nSPS) is 14.2. The first kappa shape index (κ1) is 23.1. The van der Waals surface area contributed by atoms with E-state index in [1.54, 1.807) is 24.3 Å². The van der Waals surface area contributed by atoms with Crippen molar-refractivity contribution >= 4 is 0 Å². The van der Waals surface area contributed by atoms with Gasteiger partial charge in [0, 0.05) is 17.5 Å². The van der Waals surface area contributed by atoms with Crippen LogP contribution in [-0.2, 0) is 24.0 Å². The molecule has 2 nitrogen and oxygen atoms in total. The van der Waals surface area contributed by atoms with E-state index >= 15 is 4.39 Å². The van der Waals surface area contributed by atoms with Crippen LogP contribution in [0.4, 0.5) is 13.2 Å². The highest BCUT2D eigenvalue weighted by atomic mass is 19.2. The predicted octanol–water partition coefficient (Wildman–Crippen LogP) is 7.08. The summed E-state index contributed by atoms with van der Waals surface area (Å²) in [6.07, 6.45) is 5.72. The van der Waals surface area contributed by atoms with Crippen molar-refractivity contribution in [2.45, 2.75) is 52.1 Å². The van der Waals surface area contributed by atoms with Gasteiger partial charge < -0.3 is 9.47 Å². The second kappa shape index (κ2) is 10.2. The minimum absolute atomic E-state index is 0.0176. The van der Waals surface area contributed by atoms with Gasteiger partial charge in [-0.1, -0.05) is 31.2 Å². The van der Waals surface area contributed by atoms with Crippen LogP contribution in [0.2, 0.25) is 0 Å². The van der Waals surface area contributed by atoms with Crippen molar-refractivity contribution in [3.8, 4) is 11.5 Å². The van der Waals surface area contributed by atoms with E-state index < -0.39 is 17.5 Å². The molecule has 0 saturated heterocycles. The molecule has 5 heteroatoms. The Labute approximate surface area is 182 Å². The van der Waals surface area contributed by atoms with E-state index in [-0.39, 0.29) is 29.1 Å². The topological polar surface area (TPSA) is 18.5 Å². The fourth-order valence-corrected chi connectivity index (χ4v) is 3.61. The fraction of sp³-hybridized carbons (Fsp3) is 0.385. The van der Waals surface area contributed by atoms with Gasteiger partial charge in [0.15, 0.2) is 23.1 Å².